The lowest BCUT2D eigenvalue weighted by Gasteiger charge is -2.05. The van der Waals surface area contributed by atoms with Crippen LogP contribution >= 0.6 is 0 Å². The summed E-state index contributed by atoms with van der Waals surface area (Å²) in [4.78, 5) is 0. The van der Waals surface area contributed by atoms with Crippen molar-refractivity contribution in [3.8, 4) is 17.2 Å². The molecule has 0 bridgehead atoms. The Kier molecular flexibility index (Phi) is 4.08. The summed E-state index contributed by atoms with van der Waals surface area (Å²) < 4.78 is 5.37. The van der Waals surface area contributed by atoms with Crippen LogP contribution in [0.25, 0.3) is 12.2 Å². The Hall–Kier alpha value is -2.42. The van der Waals surface area contributed by atoms with Crippen molar-refractivity contribution in [3.63, 3.8) is 0 Å². The lowest BCUT2D eigenvalue weighted by molar-refractivity contribution is 0.337. The Morgan fingerprint density at radius 2 is 1.58 bits per heavy atom. The summed E-state index contributed by atoms with van der Waals surface area (Å²) in [5, 5.41) is 18.8. The van der Waals surface area contributed by atoms with Gasteiger partial charge in [0.15, 0.2) is 0 Å². The summed E-state index contributed by atoms with van der Waals surface area (Å²) in [5.41, 5.74) is 1.83. The van der Waals surface area contributed by atoms with Gasteiger partial charge < -0.3 is 14.9 Å². The Morgan fingerprint density at radius 3 is 2.26 bits per heavy atom. The van der Waals surface area contributed by atoms with E-state index in [1.807, 2.05) is 37.3 Å². The molecule has 3 heteroatoms. The first-order valence-electron chi connectivity index (χ1n) is 6.11. The van der Waals surface area contributed by atoms with Crippen LogP contribution in [-0.2, 0) is 0 Å². The SMILES string of the molecule is CCOc1cc(O)cc(/C=C\c2ccc(O)cc2)c1. The van der Waals surface area contributed by atoms with Gasteiger partial charge in [0.25, 0.3) is 0 Å². The highest BCUT2D eigenvalue weighted by molar-refractivity contribution is 5.71. The van der Waals surface area contributed by atoms with Gasteiger partial charge in [-0.05, 0) is 42.3 Å². The molecule has 0 spiro atoms. The zero-order chi connectivity index (χ0) is 13.7. The highest BCUT2D eigenvalue weighted by Gasteiger charge is 1.98. The van der Waals surface area contributed by atoms with Crippen molar-refractivity contribution >= 4 is 12.2 Å². The second-order valence-corrected chi connectivity index (χ2v) is 4.12. The molecule has 0 fully saturated rings. The smallest absolute Gasteiger partial charge is 0.123 e. The van der Waals surface area contributed by atoms with E-state index >= 15 is 0 Å². The van der Waals surface area contributed by atoms with Crippen molar-refractivity contribution in [1.82, 2.24) is 0 Å². The van der Waals surface area contributed by atoms with Crippen molar-refractivity contribution in [2.24, 2.45) is 0 Å². The molecule has 3 nitrogen and oxygen atoms in total. The first-order chi connectivity index (χ1) is 9.17. The number of benzene rings is 2. The number of rotatable bonds is 4. The molecule has 98 valence electrons. The van der Waals surface area contributed by atoms with Crippen LogP contribution in [0.15, 0.2) is 42.5 Å². The van der Waals surface area contributed by atoms with E-state index in [0.717, 1.165) is 11.1 Å². The lowest BCUT2D eigenvalue weighted by atomic mass is 10.1. The summed E-state index contributed by atoms with van der Waals surface area (Å²) in [6.07, 6.45) is 3.79. The Morgan fingerprint density at radius 1 is 0.895 bits per heavy atom. The van der Waals surface area contributed by atoms with Crippen LogP contribution in [0.2, 0.25) is 0 Å². The number of hydrogen-bond acceptors (Lipinski definition) is 3. The Balaban J connectivity index is 2.20. The van der Waals surface area contributed by atoms with E-state index in [4.69, 9.17) is 4.74 Å². The predicted octanol–water partition coefficient (Wildman–Crippen LogP) is 3.67. The third-order valence-electron chi connectivity index (χ3n) is 2.59. The maximum atomic E-state index is 9.61. The van der Waals surface area contributed by atoms with Gasteiger partial charge in [0.05, 0.1) is 6.61 Å². The normalized spacial score (nSPS) is 10.8. The Bertz CT molecular complexity index is 571. The minimum absolute atomic E-state index is 0.177. The van der Waals surface area contributed by atoms with Crippen molar-refractivity contribution in [3.05, 3.63) is 53.6 Å². The van der Waals surface area contributed by atoms with Crippen molar-refractivity contribution in [1.29, 1.82) is 0 Å². The fourth-order valence-corrected chi connectivity index (χ4v) is 1.73. The van der Waals surface area contributed by atoms with Crippen LogP contribution in [0.1, 0.15) is 18.1 Å². The zero-order valence-electron chi connectivity index (χ0n) is 10.7. The summed E-state index contributed by atoms with van der Waals surface area (Å²) >= 11 is 0. The highest BCUT2D eigenvalue weighted by atomic mass is 16.5. The molecule has 0 unspecified atom stereocenters. The minimum Gasteiger partial charge on any atom is -0.508 e. The summed E-state index contributed by atoms with van der Waals surface area (Å²) in [6.45, 7) is 2.46. The molecule has 2 aromatic rings. The van der Waals surface area contributed by atoms with Gasteiger partial charge in [-0.15, -0.1) is 0 Å². The van der Waals surface area contributed by atoms with E-state index in [0.29, 0.717) is 12.4 Å². The number of hydrogen-bond donors (Lipinski definition) is 2. The van der Waals surface area contributed by atoms with Gasteiger partial charge in [-0.2, -0.15) is 0 Å². The molecular weight excluding hydrogens is 240 g/mol. The van der Waals surface area contributed by atoms with Crippen LogP contribution in [0, 0.1) is 0 Å². The molecule has 2 rings (SSSR count). The predicted molar refractivity (Wildman–Crippen MR) is 76.3 cm³/mol. The average Bonchev–Trinajstić information content (AvgIpc) is 2.38. The molecule has 0 aliphatic heterocycles. The van der Waals surface area contributed by atoms with Crippen molar-refractivity contribution in [2.75, 3.05) is 6.61 Å². The van der Waals surface area contributed by atoms with Crippen LogP contribution in [0.4, 0.5) is 0 Å². The zero-order valence-corrected chi connectivity index (χ0v) is 10.7. The minimum atomic E-state index is 0.177. The molecule has 0 aliphatic rings. The van der Waals surface area contributed by atoms with Gasteiger partial charge in [0.2, 0.25) is 0 Å². The van der Waals surface area contributed by atoms with E-state index in [2.05, 4.69) is 0 Å². The van der Waals surface area contributed by atoms with E-state index in [-0.39, 0.29) is 11.5 Å². The second kappa shape index (κ2) is 5.96. The highest BCUT2D eigenvalue weighted by Crippen LogP contribution is 2.23. The third kappa shape index (κ3) is 3.78. The molecule has 0 aliphatic carbocycles. The first kappa shape index (κ1) is 13.0. The topological polar surface area (TPSA) is 49.7 Å². The van der Waals surface area contributed by atoms with Crippen molar-refractivity contribution in [2.45, 2.75) is 6.92 Å². The van der Waals surface area contributed by atoms with E-state index in [1.54, 1.807) is 24.3 Å². The van der Waals surface area contributed by atoms with Gasteiger partial charge >= 0.3 is 0 Å². The standard InChI is InChI=1S/C16H16O3/c1-2-19-16-10-13(9-15(18)11-16)4-3-12-5-7-14(17)8-6-12/h3-11,17-18H,2H2,1H3/b4-3-. The Labute approximate surface area is 112 Å². The quantitative estimate of drug-likeness (QED) is 0.821. The molecule has 0 aromatic heterocycles. The van der Waals surface area contributed by atoms with Crippen LogP contribution in [-0.4, -0.2) is 16.8 Å². The van der Waals surface area contributed by atoms with E-state index in [9.17, 15) is 10.2 Å². The number of ether oxygens (including phenoxy) is 1. The molecule has 0 saturated heterocycles. The van der Waals surface area contributed by atoms with Crippen LogP contribution in [0.3, 0.4) is 0 Å². The molecule has 0 radical (unpaired) electrons. The van der Waals surface area contributed by atoms with Gasteiger partial charge in [-0.1, -0.05) is 24.3 Å². The first-order valence-corrected chi connectivity index (χ1v) is 6.11. The van der Waals surface area contributed by atoms with Gasteiger partial charge in [-0.25, -0.2) is 0 Å². The second-order valence-electron chi connectivity index (χ2n) is 4.12. The van der Waals surface area contributed by atoms with Gasteiger partial charge in [-0.3, -0.25) is 0 Å². The largest absolute Gasteiger partial charge is 0.508 e. The molecular formula is C16H16O3. The molecule has 0 amide bonds. The molecule has 0 heterocycles. The number of aromatic hydroxyl groups is 2. The fraction of sp³-hybridized carbons (Fsp3) is 0.125. The fourth-order valence-electron chi connectivity index (χ4n) is 1.73. The molecule has 2 aromatic carbocycles. The van der Waals surface area contributed by atoms with Crippen LogP contribution < -0.4 is 4.74 Å². The summed E-state index contributed by atoms with van der Waals surface area (Å²) in [6, 6.07) is 12.0. The van der Waals surface area contributed by atoms with Gasteiger partial charge in [0, 0.05) is 6.07 Å². The maximum Gasteiger partial charge on any atom is 0.123 e. The molecule has 19 heavy (non-hydrogen) atoms. The van der Waals surface area contributed by atoms with Crippen LogP contribution in [0.5, 0.6) is 17.2 Å². The van der Waals surface area contributed by atoms with E-state index in [1.165, 1.54) is 0 Å². The molecule has 0 atom stereocenters. The average molecular weight is 256 g/mol. The van der Waals surface area contributed by atoms with Crippen molar-refractivity contribution < 1.29 is 14.9 Å². The molecule has 0 saturated carbocycles. The third-order valence-corrected chi connectivity index (χ3v) is 2.59. The van der Waals surface area contributed by atoms with E-state index < -0.39 is 0 Å². The monoisotopic (exact) mass is 256 g/mol. The van der Waals surface area contributed by atoms with Gasteiger partial charge in [0.1, 0.15) is 17.2 Å². The number of phenolic OH excluding ortho intramolecular Hbond substituents is 2. The molecule has 2 N–H and O–H groups in total. The number of phenols is 2. The lowest BCUT2D eigenvalue weighted by Crippen LogP contribution is -1.91. The summed E-state index contributed by atoms with van der Waals surface area (Å²) in [5.74, 6) is 1.07. The summed E-state index contributed by atoms with van der Waals surface area (Å²) in [7, 11) is 0. The maximum absolute atomic E-state index is 9.61.